The standard InChI is InChI=1S/C21H20ClFN4O2/c1-26-18-12-14(23)6-7-15(18)19(25-26)21(29)24-16-11-13(20(22)28)5-8-17(16)27-9-3-2-4-10-27/h5-8,11-12H,2-4,9-10H2,1H3,(H,24,29). The Morgan fingerprint density at radius 1 is 1.10 bits per heavy atom. The van der Waals surface area contributed by atoms with Crippen LogP contribution in [0.15, 0.2) is 36.4 Å². The molecule has 1 saturated heterocycles. The summed E-state index contributed by atoms with van der Waals surface area (Å²) < 4.78 is 15.0. The fourth-order valence-electron chi connectivity index (χ4n) is 3.75. The van der Waals surface area contributed by atoms with Gasteiger partial charge in [-0.25, -0.2) is 4.39 Å². The highest BCUT2D eigenvalue weighted by atomic mass is 35.5. The number of anilines is 2. The smallest absolute Gasteiger partial charge is 0.276 e. The molecule has 4 rings (SSSR count). The first-order valence-electron chi connectivity index (χ1n) is 9.46. The average molecular weight is 415 g/mol. The summed E-state index contributed by atoms with van der Waals surface area (Å²) in [7, 11) is 1.66. The van der Waals surface area contributed by atoms with Crippen molar-refractivity contribution in [1.82, 2.24) is 9.78 Å². The second-order valence-electron chi connectivity index (χ2n) is 7.14. The van der Waals surface area contributed by atoms with Crippen molar-refractivity contribution in [2.45, 2.75) is 19.3 Å². The normalized spacial score (nSPS) is 14.2. The molecule has 150 valence electrons. The molecular formula is C21H20ClFN4O2. The fourth-order valence-corrected chi connectivity index (χ4v) is 3.87. The summed E-state index contributed by atoms with van der Waals surface area (Å²) in [5, 5.41) is 7.09. The molecule has 1 aliphatic heterocycles. The van der Waals surface area contributed by atoms with E-state index in [1.54, 1.807) is 19.2 Å². The molecule has 1 aliphatic rings. The van der Waals surface area contributed by atoms with E-state index in [0.717, 1.165) is 31.6 Å². The molecule has 6 nitrogen and oxygen atoms in total. The zero-order chi connectivity index (χ0) is 20.5. The summed E-state index contributed by atoms with van der Waals surface area (Å²) >= 11 is 5.65. The van der Waals surface area contributed by atoms with Gasteiger partial charge in [0, 0.05) is 31.1 Å². The molecule has 0 radical (unpaired) electrons. The van der Waals surface area contributed by atoms with Gasteiger partial charge in [-0.2, -0.15) is 5.10 Å². The van der Waals surface area contributed by atoms with Crippen molar-refractivity contribution in [2.24, 2.45) is 7.05 Å². The maximum Gasteiger partial charge on any atom is 0.276 e. The molecule has 8 heteroatoms. The molecule has 3 aromatic rings. The van der Waals surface area contributed by atoms with Gasteiger partial charge in [0.25, 0.3) is 11.1 Å². The second kappa shape index (κ2) is 7.83. The van der Waals surface area contributed by atoms with Gasteiger partial charge < -0.3 is 10.2 Å². The van der Waals surface area contributed by atoms with Gasteiger partial charge in [-0.15, -0.1) is 0 Å². The largest absolute Gasteiger partial charge is 0.370 e. The summed E-state index contributed by atoms with van der Waals surface area (Å²) in [4.78, 5) is 26.9. The Labute approximate surface area is 172 Å². The van der Waals surface area contributed by atoms with Crippen molar-refractivity contribution >= 4 is 45.0 Å². The van der Waals surface area contributed by atoms with E-state index in [-0.39, 0.29) is 5.69 Å². The van der Waals surface area contributed by atoms with Gasteiger partial charge in [0.15, 0.2) is 5.69 Å². The lowest BCUT2D eigenvalue weighted by Crippen LogP contribution is -2.30. The molecule has 0 aliphatic carbocycles. The van der Waals surface area contributed by atoms with Crippen molar-refractivity contribution in [3.8, 4) is 0 Å². The SMILES string of the molecule is Cn1nc(C(=O)Nc2cc(C(=O)Cl)ccc2N2CCCCC2)c2ccc(F)cc21. The quantitative estimate of drug-likeness (QED) is 0.645. The number of amides is 1. The van der Waals surface area contributed by atoms with E-state index in [0.29, 0.717) is 22.2 Å². The Hall–Kier alpha value is -2.93. The van der Waals surface area contributed by atoms with Gasteiger partial charge >= 0.3 is 0 Å². The van der Waals surface area contributed by atoms with Crippen LogP contribution in [0.3, 0.4) is 0 Å². The van der Waals surface area contributed by atoms with E-state index >= 15 is 0 Å². The van der Waals surface area contributed by atoms with Crippen molar-refractivity contribution in [3.05, 3.63) is 53.5 Å². The van der Waals surface area contributed by atoms with Crippen LogP contribution in [0.2, 0.25) is 0 Å². The maximum atomic E-state index is 13.6. The van der Waals surface area contributed by atoms with E-state index in [4.69, 9.17) is 11.6 Å². The summed E-state index contributed by atoms with van der Waals surface area (Å²) in [5.74, 6) is -0.826. The predicted molar refractivity (Wildman–Crippen MR) is 111 cm³/mol. The molecule has 0 saturated carbocycles. The third-order valence-electron chi connectivity index (χ3n) is 5.20. The molecule has 0 atom stereocenters. The number of fused-ring (bicyclic) bond motifs is 1. The van der Waals surface area contributed by atoms with Crippen LogP contribution in [-0.2, 0) is 7.05 Å². The minimum Gasteiger partial charge on any atom is -0.370 e. The Morgan fingerprint density at radius 2 is 1.86 bits per heavy atom. The van der Waals surface area contributed by atoms with Crippen LogP contribution in [0.4, 0.5) is 15.8 Å². The topological polar surface area (TPSA) is 67.2 Å². The molecule has 1 amide bonds. The molecular weight excluding hydrogens is 395 g/mol. The lowest BCUT2D eigenvalue weighted by atomic mass is 10.1. The Morgan fingerprint density at radius 3 is 2.59 bits per heavy atom. The van der Waals surface area contributed by atoms with Gasteiger partial charge in [-0.05, 0) is 67.3 Å². The highest BCUT2D eigenvalue weighted by Crippen LogP contribution is 2.31. The van der Waals surface area contributed by atoms with Crippen LogP contribution in [-0.4, -0.2) is 34.0 Å². The van der Waals surface area contributed by atoms with Crippen LogP contribution in [0.5, 0.6) is 0 Å². The number of rotatable bonds is 4. The van der Waals surface area contributed by atoms with E-state index < -0.39 is 17.0 Å². The predicted octanol–water partition coefficient (Wildman–Crippen LogP) is 4.33. The van der Waals surface area contributed by atoms with E-state index in [1.807, 2.05) is 6.07 Å². The monoisotopic (exact) mass is 414 g/mol. The van der Waals surface area contributed by atoms with Crippen LogP contribution < -0.4 is 10.2 Å². The Kier molecular flexibility index (Phi) is 5.24. The first-order valence-corrected chi connectivity index (χ1v) is 9.84. The van der Waals surface area contributed by atoms with Gasteiger partial charge in [0.1, 0.15) is 5.82 Å². The first-order chi connectivity index (χ1) is 13.9. The third-order valence-corrected chi connectivity index (χ3v) is 5.42. The minimum absolute atomic E-state index is 0.190. The number of halogens is 2. The molecule has 2 heterocycles. The van der Waals surface area contributed by atoms with E-state index in [1.165, 1.54) is 29.3 Å². The third kappa shape index (κ3) is 3.82. The van der Waals surface area contributed by atoms with Crippen LogP contribution in [0, 0.1) is 5.82 Å². The zero-order valence-corrected chi connectivity index (χ0v) is 16.7. The zero-order valence-electron chi connectivity index (χ0n) is 15.9. The highest BCUT2D eigenvalue weighted by molar-refractivity contribution is 6.67. The molecule has 0 spiro atoms. The van der Waals surface area contributed by atoms with Crippen molar-refractivity contribution in [2.75, 3.05) is 23.3 Å². The minimum atomic E-state index is -0.593. The van der Waals surface area contributed by atoms with Crippen molar-refractivity contribution < 1.29 is 14.0 Å². The number of carbonyl (C=O) groups is 2. The number of benzene rings is 2. The second-order valence-corrected chi connectivity index (χ2v) is 7.48. The number of hydrogen-bond donors (Lipinski definition) is 1. The molecule has 2 aromatic carbocycles. The lowest BCUT2D eigenvalue weighted by molar-refractivity contribution is 0.102. The van der Waals surface area contributed by atoms with Crippen LogP contribution >= 0.6 is 11.6 Å². The van der Waals surface area contributed by atoms with Crippen molar-refractivity contribution in [1.29, 1.82) is 0 Å². The molecule has 1 N–H and O–H groups in total. The van der Waals surface area contributed by atoms with E-state index in [2.05, 4.69) is 15.3 Å². The first kappa shape index (κ1) is 19.4. The number of nitrogens with zero attached hydrogens (tertiary/aromatic N) is 3. The highest BCUT2D eigenvalue weighted by Gasteiger charge is 2.21. The molecule has 29 heavy (non-hydrogen) atoms. The number of nitrogens with one attached hydrogen (secondary N) is 1. The maximum absolute atomic E-state index is 13.6. The Balaban J connectivity index is 1.72. The van der Waals surface area contributed by atoms with Crippen LogP contribution in [0.1, 0.15) is 40.1 Å². The van der Waals surface area contributed by atoms with Gasteiger partial charge in [0.2, 0.25) is 0 Å². The van der Waals surface area contributed by atoms with Gasteiger partial charge in [-0.3, -0.25) is 14.3 Å². The molecule has 0 unspecified atom stereocenters. The average Bonchev–Trinajstić information content (AvgIpc) is 3.04. The molecule has 0 bridgehead atoms. The summed E-state index contributed by atoms with van der Waals surface area (Å²) in [6.07, 6.45) is 3.31. The summed E-state index contributed by atoms with van der Waals surface area (Å²) in [6.45, 7) is 1.76. The van der Waals surface area contributed by atoms with Crippen molar-refractivity contribution in [3.63, 3.8) is 0 Å². The summed E-state index contributed by atoms with van der Waals surface area (Å²) in [5.41, 5.74) is 2.36. The lowest BCUT2D eigenvalue weighted by Gasteiger charge is -2.30. The number of aryl methyl sites for hydroxylation is 1. The van der Waals surface area contributed by atoms with Gasteiger partial charge in [-0.1, -0.05) is 0 Å². The fraction of sp³-hybridized carbons (Fsp3) is 0.286. The molecule has 1 fully saturated rings. The van der Waals surface area contributed by atoms with Gasteiger partial charge in [0.05, 0.1) is 16.9 Å². The van der Waals surface area contributed by atoms with E-state index in [9.17, 15) is 14.0 Å². The summed E-state index contributed by atoms with van der Waals surface area (Å²) in [6, 6.07) is 9.23. The number of carbonyl (C=O) groups excluding carboxylic acids is 2. The number of aromatic nitrogens is 2. The molecule has 1 aromatic heterocycles. The number of piperidine rings is 1. The van der Waals surface area contributed by atoms with Crippen LogP contribution in [0.25, 0.3) is 10.9 Å². The number of hydrogen-bond acceptors (Lipinski definition) is 4. The Bertz CT molecular complexity index is 1110.